The lowest BCUT2D eigenvalue weighted by Gasteiger charge is -2.33. The Labute approximate surface area is 171 Å². The summed E-state index contributed by atoms with van der Waals surface area (Å²) >= 11 is 2.94. The Bertz CT molecular complexity index is 885. The summed E-state index contributed by atoms with van der Waals surface area (Å²) < 4.78 is 14.6. The van der Waals surface area contributed by atoms with E-state index in [2.05, 4.69) is 9.98 Å². The number of carbonyl (C=O) groups is 2. The fourth-order valence-corrected chi connectivity index (χ4v) is 4.58. The third-order valence-corrected chi connectivity index (χ3v) is 6.05. The number of ketones is 1. The average Bonchev–Trinajstić information content (AvgIpc) is 3.10. The molecule has 6 nitrogen and oxygen atoms in total. The van der Waals surface area contributed by atoms with E-state index in [0.29, 0.717) is 22.8 Å². The Morgan fingerprint density at radius 2 is 2.18 bits per heavy atom. The van der Waals surface area contributed by atoms with E-state index in [1.54, 1.807) is 17.5 Å². The molecule has 0 radical (unpaired) electrons. The van der Waals surface area contributed by atoms with Gasteiger partial charge in [0.05, 0.1) is 10.5 Å². The molecule has 1 aliphatic heterocycles. The van der Waals surface area contributed by atoms with Gasteiger partial charge in [-0.05, 0) is 37.5 Å². The van der Waals surface area contributed by atoms with Gasteiger partial charge in [-0.25, -0.2) is 9.37 Å². The number of rotatable bonds is 5. The Morgan fingerprint density at radius 3 is 2.75 bits per heavy atom. The predicted molar refractivity (Wildman–Crippen MR) is 111 cm³/mol. The number of carbonyl (C=O) groups excluding carboxylic acids is 1. The second-order valence-electron chi connectivity index (χ2n) is 6.20. The molecule has 0 unspecified atom stereocenters. The summed E-state index contributed by atoms with van der Waals surface area (Å²) in [6.07, 6.45) is 1.59. The number of aromatic nitrogens is 1. The first-order valence-electron chi connectivity index (χ1n) is 8.65. The van der Waals surface area contributed by atoms with E-state index in [-0.39, 0.29) is 24.5 Å². The van der Waals surface area contributed by atoms with Gasteiger partial charge < -0.3 is 10.8 Å². The van der Waals surface area contributed by atoms with E-state index < -0.39 is 5.54 Å². The standard InChI is InChI=1S/C18H20FN3OS2.CH2O2/c1-3-18(6-7-24-17(20)22-18)13-8-12(4-5-14(13)19)9-16(23)15-10-25-11(2)21-15;2-1-3/h4-5,8,10H,3,6-7,9H2,1-2H3,(H2,20,22);1H,(H,2,3)/t18-;/m0./s1. The molecule has 0 amide bonds. The largest absolute Gasteiger partial charge is 0.483 e. The maximum Gasteiger partial charge on any atom is 0.290 e. The van der Waals surface area contributed by atoms with Crippen molar-refractivity contribution >= 4 is 40.5 Å². The molecule has 28 heavy (non-hydrogen) atoms. The fraction of sp³-hybridized carbons (Fsp3) is 0.368. The quantitative estimate of drug-likeness (QED) is 0.560. The molecule has 2 heterocycles. The van der Waals surface area contributed by atoms with Crippen molar-refractivity contribution in [2.24, 2.45) is 10.7 Å². The van der Waals surface area contributed by atoms with Gasteiger partial charge in [0, 0.05) is 23.1 Å². The highest BCUT2D eigenvalue weighted by Crippen LogP contribution is 2.40. The number of amidine groups is 1. The SMILES string of the molecule is CC[C@@]1(c2cc(CC(=O)c3csc(C)n3)ccc2F)CCSC(N)=N1.O=CO. The molecular formula is C19H22FN3O3S2. The van der Waals surface area contributed by atoms with Gasteiger partial charge in [0.1, 0.15) is 11.5 Å². The van der Waals surface area contributed by atoms with Crippen LogP contribution in [0.1, 0.15) is 46.4 Å². The number of nitrogens with two attached hydrogens (primary N) is 1. The Kier molecular flexibility index (Phi) is 7.70. The van der Waals surface area contributed by atoms with Gasteiger partial charge in [-0.3, -0.25) is 14.6 Å². The lowest BCUT2D eigenvalue weighted by Crippen LogP contribution is -2.32. The molecule has 1 atom stereocenters. The Hall–Kier alpha value is -2.26. The zero-order chi connectivity index (χ0) is 20.7. The molecule has 0 spiro atoms. The van der Waals surface area contributed by atoms with E-state index >= 15 is 0 Å². The van der Waals surface area contributed by atoms with Crippen molar-refractivity contribution in [3.8, 4) is 0 Å². The number of hydrogen-bond acceptors (Lipinski definition) is 7. The molecular weight excluding hydrogens is 401 g/mol. The number of halogens is 1. The van der Waals surface area contributed by atoms with Gasteiger partial charge in [-0.2, -0.15) is 0 Å². The van der Waals surface area contributed by atoms with Crippen molar-refractivity contribution in [2.45, 2.75) is 38.6 Å². The monoisotopic (exact) mass is 423 g/mol. The van der Waals surface area contributed by atoms with Crippen LogP contribution in [0.25, 0.3) is 0 Å². The van der Waals surface area contributed by atoms with Crippen molar-refractivity contribution in [3.63, 3.8) is 0 Å². The van der Waals surface area contributed by atoms with Crippen LogP contribution in [-0.4, -0.2) is 33.3 Å². The molecule has 150 valence electrons. The van der Waals surface area contributed by atoms with E-state index in [1.165, 1.54) is 29.2 Å². The highest BCUT2D eigenvalue weighted by molar-refractivity contribution is 8.13. The molecule has 3 N–H and O–H groups in total. The van der Waals surface area contributed by atoms with Crippen LogP contribution < -0.4 is 5.73 Å². The predicted octanol–water partition coefficient (Wildman–Crippen LogP) is 3.77. The van der Waals surface area contributed by atoms with Crippen LogP contribution in [0.4, 0.5) is 4.39 Å². The van der Waals surface area contributed by atoms with Gasteiger partial charge in [0.2, 0.25) is 0 Å². The molecule has 1 aromatic heterocycles. The van der Waals surface area contributed by atoms with Gasteiger partial charge in [-0.1, -0.05) is 24.8 Å². The van der Waals surface area contributed by atoms with E-state index in [9.17, 15) is 9.18 Å². The Morgan fingerprint density at radius 1 is 1.46 bits per heavy atom. The van der Waals surface area contributed by atoms with Crippen LogP contribution in [-0.2, 0) is 16.8 Å². The zero-order valence-electron chi connectivity index (χ0n) is 15.6. The maximum absolute atomic E-state index is 14.6. The number of aryl methyl sites for hydroxylation is 1. The minimum Gasteiger partial charge on any atom is -0.483 e. The summed E-state index contributed by atoms with van der Waals surface area (Å²) in [5.74, 6) is 0.449. The van der Waals surface area contributed by atoms with Gasteiger partial charge >= 0.3 is 0 Å². The first-order chi connectivity index (χ1) is 13.3. The molecule has 0 bridgehead atoms. The van der Waals surface area contributed by atoms with Crippen molar-refractivity contribution in [1.82, 2.24) is 4.98 Å². The van der Waals surface area contributed by atoms with Crippen LogP contribution in [0.2, 0.25) is 0 Å². The van der Waals surface area contributed by atoms with Crippen molar-refractivity contribution in [3.05, 3.63) is 51.2 Å². The molecule has 1 aromatic carbocycles. The third-order valence-electron chi connectivity index (χ3n) is 4.48. The lowest BCUT2D eigenvalue weighted by atomic mass is 9.83. The van der Waals surface area contributed by atoms with Crippen molar-refractivity contribution < 1.29 is 19.1 Å². The summed E-state index contributed by atoms with van der Waals surface area (Å²) in [5, 5.41) is 10.0. The van der Waals surface area contributed by atoms with Crippen LogP contribution >= 0.6 is 23.1 Å². The number of carboxylic acid groups (broad SMARTS) is 1. The second-order valence-corrected chi connectivity index (χ2v) is 8.38. The van der Waals surface area contributed by atoms with Crippen LogP contribution in [0.5, 0.6) is 0 Å². The minimum absolute atomic E-state index is 0.0605. The summed E-state index contributed by atoms with van der Waals surface area (Å²) in [5.41, 5.74) is 7.02. The average molecular weight is 424 g/mol. The molecule has 0 aliphatic carbocycles. The number of thioether (sulfide) groups is 1. The molecule has 2 aromatic rings. The number of nitrogens with zero attached hydrogens (tertiary/aromatic N) is 2. The molecule has 3 rings (SSSR count). The second kappa shape index (κ2) is 9.79. The smallest absolute Gasteiger partial charge is 0.290 e. The maximum atomic E-state index is 14.6. The summed E-state index contributed by atoms with van der Waals surface area (Å²) in [7, 11) is 0. The number of thiazole rings is 1. The van der Waals surface area contributed by atoms with Crippen molar-refractivity contribution in [1.29, 1.82) is 0 Å². The lowest BCUT2D eigenvalue weighted by molar-refractivity contribution is -0.122. The highest BCUT2D eigenvalue weighted by atomic mass is 32.2. The van der Waals surface area contributed by atoms with E-state index in [4.69, 9.17) is 15.6 Å². The number of Topliss-reactive ketones (excluding diaryl/α,β-unsaturated/α-hetero) is 1. The Balaban J connectivity index is 0.000000878. The molecule has 0 saturated heterocycles. The van der Waals surface area contributed by atoms with Gasteiger partial charge in [0.25, 0.3) is 6.47 Å². The molecule has 1 aliphatic rings. The minimum atomic E-state index is -0.643. The van der Waals surface area contributed by atoms with Crippen molar-refractivity contribution in [2.75, 3.05) is 5.75 Å². The third kappa shape index (κ3) is 5.17. The first kappa shape index (κ1) is 22.0. The highest BCUT2D eigenvalue weighted by Gasteiger charge is 2.35. The summed E-state index contributed by atoms with van der Waals surface area (Å²) in [6.45, 7) is 3.61. The normalized spacial score (nSPS) is 18.6. The van der Waals surface area contributed by atoms with E-state index in [1.807, 2.05) is 13.8 Å². The molecule has 0 saturated carbocycles. The molecule has 9 heteroatoms. The fourth-order valence-electron chi connectivity index (χ4n) is 3.07. The van der Waals surface area contributed by atoms with Gasteiger partial charge in [-0.15, -0.1) is 11.3 Å². The number of hydrogen-bond donors (Lipinski definition) is 2. The summed E-state index contributed by atoms with van der Waals surface area (Å²) in [6, 6.07) is 4.85. The number of benzene rings is 1. The van der Waals surface area contributed by atoms with Gasteiger partial charge in [0.15, 0.2) is 11.0 Å². The van der Waals surface area contributed by atoms with Crippen LogP contribution in [0, 0.1) is 12.7 Å². The van der Waals surface area contributed by atoms with E-state index in [0.717, 1.165) is 22.7 Å². The first-order valence-corrected chi connectivity index (χ1v) is 10.5. The van der Waals surface area contributed by atoms with Crippen LogP contribution in [0.3, 0.4) is 0 Å². The topological polar surface area (TPSA) is 106 Å². The summed E-state index contributed by atoms with van der Waals surface area (Å²) in [4.78, 5) is 29.6. The van der Waals surface area contributed by atoms with Crippen LogP contribution in [0.15, 0.2) is 28.6 Å². The zero-order valence-corrected chi connectivity index (χ0v) is 17.3. The molecule has 0 fully saturated rings. The number of aliphatic imine (C=N–C) groups is 1.